The zero-order valence-electron chi connectivity index (χ0n) is 11.6. The lowest BCUT2D eigenvalue weighted by atomic mass is 10.1. The summed E-state index contributed by atoms with van der Waals surface area (Å²) < 4.78 is 10.6. The van der Waals surface area contributed by atoms with E-state index in [0.717, 1.165) is 5.56 Å². The summed E-state index contributed by atoms with van der Waals surface area (Å²) in [7, 11) is 0. The fourth-order valence-electron chi connectivity index (χ4n) is 1.60. The van der Waals surface area contributed by atoms with Crippen LogP contribution in [0.15, 0.2) is 22.7 Å². The van der Waals surface area contributed by atoms with E-state index >= 15 is 0 Å². The van der Waals surface area contributed by atoms with E-state index in [1.807, 2.05) is 13.8 Å². The first-order valence-electron chi connectivity index (χ1n) is 6.40. The fraction of sp³-hybridized carbons (Fsp3) is 0.429. The topological polar surface area (TPSA) is 68.4 Å². The lowest BCUT2D eigenvalue weighted by molar-refractivity contribution is 0.199. The Morgan fingerprint density at radius 1 is 1.35 bits per heavy atom. The number of benzene rings is 1. The summed E-state index contributed by atoms with van der Waals surface area (Å²) in [6.45, 7) is 5.82. The third kappa shape index (κ3) is 3.49. The molecule has 0 saturated carbocycles. The molecule has 0 radical (unpaired) electrons. The van der Waals surface area contributed by atoms with Gasteiger partial charge in [-0.05, 0) is 24.6 Å². The molecule has 5 nitrogen and oxygen atoms in total. The molecule has 1 aromatic carbocycles. The standard InChI is InChI=1S/C14H17ClN2O3/c1-8(2)14-16-13(17-20-14)7-19-12-5-4-10(9(3)18)6-11(12)15/h4-6,8-9,18H,7H2,1-3H3. The van der Waals surface area contributed by atoms with Gasteiger partial charge in [0, 0.05) is 5.92 Å². The van der Waals surface area contributed by atoms with Crippen LogP contribution in [0.1, 0.15) is 50.1 Å². The largest absolute Gasteiger partial charge is 0.484 e. The quantitative estimate of drug-likeness (QED) is 0.915. The van der Waals surface area contributed by atoms with Crippen LogP contribution in [-0.4, -0.2) is 15.2 Å². The van der Waals surface area contributed by atoms with Gasteiger partial charge in [0.2, 0.25) is 11.7 Å². The Balaban J connectivity index is 2.03. The summed E-state index contributed by atoms with van der Waals surface area (Å²) in [5.74, 6) is 1.76. The summed E-state index contributed by atoms with van der Waals surface area (Å²) in [5.41, 5.74) is 0.740. The Kier molecular flexibility index (Phi) is 4.62. The molecule has 0 aliphatic rings. The third-order valence-corrected chi connectivity index (χ3v) is 3.07. The van der Waals surface area contributed by atoms with Crippen molar-refractivity contribution in [3.8, 4) is 5.75 Å². The number of aliphatic hydroxyl groups is 1. The van der Waals surface area contributed by atoms with Crippen molar-refractivity contribution in [2.24, 2.45) is 0 Å². The van der Waals surface area contributed by atoms with Crippen molar-refractivity contribution in [2.75, 3.05) is 0 Å². The second-order valence-corrected chi connectivity index (χ2v) is 5.27. The van der Waals surface area contributed by atoms with Crippen molar-refractivity contribution >= 4 is 11.6 Å². The minimum atomic E-state index is -0.563. The van der Waals surface area contributed by atoms with Gasteiger partial charge < -0.3 is 14.4 Å². The fourth-order valence-corrected chi connectivity index (χ4v) is 1.84. The van der Waals surface area contributed by atoms with Gasteiger partial charge in [-0.3, -0.25) is 0 Å². The molecule has 2 aromatic rings. The summed E-state index contributed by atoms with van der Waals surface area (Å²) in [4.78, 5) is 4.21. The van der Waals surface area contributed by atoms with Crippen LogP contribution in [0.5, 0.6) is 5.75 Å². The molecule has 0 fully saturated rings. The molecule has 0 bridgehead atoms. The molecule has 1 heterocycles. The molecule has 1 unspecified atom stereocenters. The van der Waals surface area contributed by atoms with E-state index < -0.39 is 6.10 Å². The zero-order chi connectivity index (χ0) is 14.7. The van der Waals surface area contributed by atoms with Crippen LogP contribution < -0.4 is 4.74 Å². The monoisotopic (exact) mass is 296 g/mol. The zero-order valence-corrected chi connectivity index (χ0v) is 12.4. The maximum atomic E-state index is 9.47. The highest BCUT2D eigenvalue weighted by molar-refractivity contribution is 6.32. The molecule has 6 heteroatoms. The van der Waals surface area contributed by atoms with E-state index in [9.17, 15) is 5.11 Å². The van der Waals surface area contributed by atoms with Gasteiger partial charge in [0.1, 0.15) is 5.75 Å². The normalized spacial score (nSPS) is 12.7. The number of nitrogens with zero attached hydrogens (tertiary/aromatic N) is 2. The summed E-state index contributed by atoms with van der Waals surface area (Å²) in [6, 6.07) is 5.16. The first-order valence-corrected chi connectivity index (χ1v) is 6.78. The number of halogens is 1. The van der Waals surface area contributed by atoms with Crippen LogP contribution in [-0.2, 0) is 6.61 Å². The number of hydrogen-bond donors (Lipinski definition) is 1. The van der Waals surface area contributed by atoms with Crippen LogP contribution in [0.3, 0.4) is 0 Å². The molecule has 108 valence electrons. The molecular formula is C14H17ClN2O3. The van der Waals surface area contributed by atoms with Crippen LogP contribution in [0, 0.1) is 0 Å². The Morgan fingerprint density at radius 2 is 2.10 bits per heavy atom. The maximum absolute atomic E-state index is 9.47. The average molecular weight is 297 g/mol. The highest BCUT2D eigenvalue weighted by atomic mass is 35.5. The molecule has 0 aliphatic carbocycles. The lowest BCUT2D eigenvalue weighted by Gasteiger charge is -2.09. The van der Waals surface area contributed by atoms with Crippen molar-refractivity contribution in [1.29, 1.82) is 0 Å². The van der Waals surface area contributed by atoms with Gasteiger partial charge in [-0.2, -0.15) is 4.98 Å². The Bertz CT molecular complexity index is 582. The number of aliphatic hydroxyl groups excluding tert-OH is 1. The lowest BCUT2D eigenvalue weighted by Crippen LogP contribution is -1.99. The van der Waals surface area contributed by atoms with Gasteiger partial charge in [-0.1, -0.05) is 36.7 Å². The van der Waals surface area contributed by atoms with Gasteiger partial charge in [0.15, 0.2) is 6.61 Å². The molecule has 20 heavy (non-hydrogen) atoms. The number of rotatable bonds is 5. The van der Waals surface area contributed by atoms with Gasteiger partial charge in [-0.25, -0.2) is 0 Å². The van der Waals surface area contributed by atoms with Crippen molar-refractivity contribution in [3.05, 3.63) is 40.5 Å². The molecule has 1 N–H and O–H groups in total. The summed E-state index contributed by atoms with van der Waals surface area (Å²) in [5, 5.41) is 13.7. The van der Waals surface area contributed by atoms with Gasteiger partial charge in [-0.15, -0.1) is 0 Å². The molecule has 0 amide bonds. The van der Waals surface area contributed by atoms with Gasteiger partial charge in [0.25, 0.3) is 0 Å². The van der Waals surface area contributed by atoms with E-state index in [4.69, 9.17) is 20.9 Å². The Hall–Kier alpha value is -1.59. The van der Waals surface area contributed by atoms with Crippen LogP contribution in [0.25, 0.3) is 0 Å². The highest BCUT2D eigenvalue weighted by Crippen LogP contribution is 2.28. The summed E-state index contributed by atoms with van der Waals surface area (Å²) >= 11 is 6.09. The maximum Gasteiger partial charge on any atom is 0.229 e. The average Bonchev–Trinajstić information content (AvgIpc) is 2.86. The van der Waals surface area contributed by atoms with E-state index in [1.54, 1.807) is 25.1 Å². The van der Waals surface area contributed by atoms with Crippen molar-refractivity contribution in [1.82, 2.24) is 10.1 Å². The molecule has 0 spiro atoms. The van der Waals surface area contributed by atoms with Crippen LogP contribution >= 0.6 is 11.6 Å². The van der Waals surface area contributed by atoms with Gasteiger partial charge >= 0.3 is 0 Å². The minimum Gasteiger partial charge on any atom is -0.484 e. The van der Waals surface area contributed by atoms with Crippen molar-refractivity contribution in [3.63, 3.8) is 0 Å². The second-order valence-electron chi connectivity index (χ2n) is 4.86. The smallest absolute Gasteiger partial charge is 0.229 e. The molecular weight excluding hydrogens is 280 g/mol. The third-order valence-electron chi connectivity index (χ3n) is 2.77. The molecule has 2 rings (SSSR count). The Morgan fingerprint density at radius 3 is 2.65 bits per heavy atom. The molecule has 1 atom stereocenters. The van der Waals surface area contributed by atoms with E-state index in [-0.39, 0.29) is 12.5 Å². The SMILES string of the molecule is CC(C)c1nc(COc2ccc(C(C)O)cc2Cl)no1. The first kappa shape index (κ1) is 14.8. The number of hydrogen-bond acceptors (Lipinski definition) is 5. The number of ether oxygens (including phenoxy) is 1. The van der Waals surface area contributed by atoms with Gasteiger partial charge in [0.05, 0.1) is 11.1 Å². The van der Waals surface area contributed by atoms with Crippen LogP contribution in [0.4, 0.5) is 0 Å². The predicted octanol–water partition coefficient (Wildman–Crippen LogP) is 3.48. The summed E-state index contributed by atoms with van der Waals surface area (Å²) in [6.07, 6.45) is -0.563. The molecule has 0 saturated heterocycles. The second kappa shape index (κ2) is 6.24. The van der Waals surface area contributed by atoms with Crippen LogP contribution in [0.2, 0.25) is 5.02 Å². The number of aromatic nitrogens is 2. The van der Waals surface area contributed by atoms with Crippen molar-refractivity contribution < 1.29 is 14.4 Å². The predicted molar refractivity (Wildman–Crippen MR) is 74.8 cm³/mol. The van der Waals surface area contributed by atoms with E-state index in [0.29, 0.717) is 22.5 Å². The molecule has 1 aromatic heterocycles. The van der Waals surface area contributed by atoms with Crippen molar-refractivity contribution in [2.45, 2.75) is 39.4 Å². The first-order chi connectivity index (χ1) is 9.47. The highest BCUT2D eigenvalue weighted by Gasteiger charge is 2.11. The minimum absolute atomic E-state index is 0.184. The van der Waals surface area contributed by atoms with E-state index in [2.05, 4.69) is 10.1 Å². The van der Waals surface area contributed by atoms with E-state index in [1.165, 1.54) is 0 Å². The molecule has 0 aliphatic heterocycles. The Labute approximate surface area is 122 Å².